The van der Waals surface area contributed by atoms with E-state index in [4.69, 9.17) is 9.26 Å². The number of aromatic amines is 1. The number of carbonyl (C=O) groups excluding carboxylic acids is 2. The van der Waals surface area contributed by atoms with E-state index in [0.717, 1.165) is 21.8 Å². The minimum absolute atomic E-state index is 0.0224. The average molecular weight is 500 g/mol. The van der Waals surface area contributed by atoms with Gasteiger partial charge in [-0.25, -0.2) is 4.98 Å². The molecule has 3 N–H and O–H groups in total. The highest BCUT2D eigenvalue weighted by Gasteiger charge is 2.17. The molecule has 0 aliphatic rings. The summed E-state index contributed by atoms with van der Waals surface area (Å²) in [6.45, 7) is 0. The Morgan fingerprint density at radius 2 is 1.72 bits per heavy atom. The van der Waals surface area contributed by atoms with Crippen LogP contribution < -0.4 is 15.6 Å². The van der Waals surface area contributed by atoms with E-state index in [-0.39, 0.29) is 5.69 Å². The number of fused-ring (bicyclic) bond motifs is 1. The van der Waals surface area contributed by atoms with Crippen LogP contribution in [-0.2, 0) is 5.75 Å². The molecule has 5 rings (SSSR count). The number of hydrogen-bond acceptors (Lipinski definition) is 7. The van der Waals surface area contributed by atoms with Gasteiger partial charge in [0, 0.05) is 17.4 Å². The van der Waals surface area contributed by atoms with E-state index in [1.807, 2.05) is 48.5 Å². The predicted molar refractivity (Wildman–Crippen MR) is 136 cm³/mol. The van der Waals surface area contributed by atoms with Gasteiger partial charge in [0.1, 0.15) is 5.75 Å². The second kappa shape index (κ2) is 10.4. The standard InChI is InChI=1S/C26H21N5O4S/c1-34-22-9-5-2-6-18(22)23-14-21(31-35-23)25(33)30-29-24(32)17-12-10-16(11-13-17)15-36-26-27-19-7-3-4-8-20(19)28-26/h2-14H,15H2,1H3,(H,27,28)(H,29,32)(H,30,33). The SMILES string of the molecule is COc1ccccc1-c1cc(C(=O)NNC(=O)c2ccc(CSc3nc4ccccc4[nH]3)cc2)no1. The zero-order valence-corrected chi connectivity index (χ0v) is 20.0. The Morgan fingerprint density at radius 3 is 2.53 bits per heavy atom. The molecule has 2 amide bonds. The molecule has 0 aliphatic carbocycles. The second-order valence-corrected chi connectivity index (χ2v) is 8.69. The minimum Gasteiger partial charge on any atom is -0.496 e. The average Bonchev–Trinajstić information content (AvgIpc) is 3.58. The number of ether oxygens (including phenoxy) is 1. The fourth-order valence-electron chi connectivity index (χ4n) is 3.51. The molecule has 2 aromatic heterocycles. The van der Waals surface area contributed by atoms with Crippen molar-refractivity contribution in [1.82, 2.24) is 26.0 Å². The van der Waals surface area contributed by atoms with E-state index in [9.17, 15) is 9.59 Å². The number of hydrogen-bond donors (Lipinski definition) is 3. The number of para-hydroxylation sites is 3. The highest BCUT2D eigenvalue weighted by molar-refractivity contribution is 7.98. The molecule has 0 spiro atoms. The Balaban J connectivity index is 1.15. The number of amides is 2. The predicted octanol–water partition coefficient (Wildman–Crippen LogP) is 4.59. The first kappa shape index (κ1) is 23.2. The topological polar surface area (TPSA) is 122 Å². The summed E-state index contributed by atoms with van der Waals surface area (Å²) in [4.78, 5) is 32.7. The molecule has 2 heterocycles. The number of aromatic nitrogens is 3. The minimum atomic E-state index is -0.605. The van der Waals surface area contributed by atoms with Gasteiger partial charge in [-0.1, -0.05) is 53.3 Å². The van der Waals surface area contributed by atoms with Crippen LogP contribution in [0.2, 0.25) is 0 Å². The summed E-state index contributed by atoms with van der Waals surface area (Å²) in [7, 11) is 1.55. The lowest BCUT2D eigenvalue weighted by Gasteiger charge is -2.06. The molecule has 10 heteroatoms. The van der Waals surface area contributed by atoms with Crippen molar-refractivity contribution >= 4 is 34.6 Å². The summed E-state index contributed by atoms with van der Waals surface area (Å²) in [5, 5.41) is 4.62. The first-order valence-electron chi connectivity index (χ1n) is 11.0. The first-order valence-corrected chi connectivity index (χ1v) is 12.0. The molecule has 0 saturated heterocycles. The fourth-order valence-corrected chi connectivity index (χ4v) is 4.35. The number of nitrogens with one attached hydrogen (secondary N) is 3. The van der Waals surface area contributed by atoms with Crippen molar-refractivity contribution in [1.29, 1.82) is 0 Å². The normalized spacial score (nSPS) is 10.8. The van der Waals surface area contributed by atoms with Gasteiger partial charge in [-0.2, -0.15) is 0 Å². The largest absolute Gasteiger partial charge is 0.496 e. The van der Waals surface area contributed by atoms with Crippen molar-refractivity contribution in [3.05, 3.63) is 95.7 Å². The van der Waals surface area contributed by atoms with Crippen LogP contribution in [0.25, 0.3) is 22.4 Å². The maximum Gasteiger partial charge on any atom is 0.291 e. The first-order chi connectivity index (χ1) is 17.6. The van der Waals surface area contributed by atoms with Gasteiger partial charge in [-0.05, 0) is 42.0 Å². The number of imidazole rings is 1. The van der Waals surface area contributed by atoms with Crippen LogP contribution in [0.5, 0.6) is 5.75 Å². The monoisotopic (exact) mass is 499 g/mol. The third kappa shape index (κ3) is 5.08. The van der Waals surface area contributed by atoms with E-state index in [1.54, 1.807) is 43.1 Å². The Labute approximate surface area is 210 Å². The highest BCUT2D eigenvalue weighted by atomic mass is 32.2. The summed E-state index contributed by atoms with van der Waals surface area (Å²) in [6.07, 6.45) is 0. The van der Waals surface area contributed by atoms with Crippen LogP contribution in [0.1, 0.15) is 26.4 Å². The van der Waals surface area contributed by atoms with E-state index in [0.29, 0.717) is 28.4 Å². The van der Waals surface area contributed by atoms with Crippen LogP contribution in [0.4, 0.5) is 0 Å². The van der Waals surface area contributed by atoms with Crippen molar-refractivity contribution in [3.8, 4) is 17.1 Å². The second-order valence-electron chi connectivity index (χ2n) is 7.73. The van der Waals surface area contributed by atoms with Crippen molar-refractivity contribution in [2.45, 2.75) is 10.9 Å². The lowest BCUT2D eigenvalue weighted by atomic mass is 10.1. The molecular weight excluding hydrogens is 478 g/mol. The molecule has 0 radical (unpaired) electrons. The molecule has 0 fully saturated rings. The van der Waals surface area contributed by atoms with Gasteiger partial charge in [0.25, 0.3) is 11.8 Å². The van der Waals surface area contributed by atoms with Gasteiger partial charge in [0.2, 0.25) is 0 Å². The number of H-pyrrole nitrogens is 1. The maximum absolute atomic E-state index is 12.5. The Hall–Kier alpha value is -4.57. The summed E-state index contributed by atoms with van der Waals surface area (Å²) in [5.74, 6) is 0.604. The fraction of sp³-hybridized carbons (Fsp3) is 0.0769. The molecule has 5 aromatic rings. The summed E-state index contributed by atoms with van der Waals surface area (Å²) >= 11 is 1.58. The van der Waals surface area contributed by atoms with Crippen LogP contribution in [0, 0.1) is 0 Å². The van der Waals surface area contributed by atoms with Gasteiger partial charge in [-0.3, -0.25) is 20.4 Å². The molecule has 0 aliphatic heterocycles. The van der Waals surface area contributed by atoms with E-state index in [1.165, 1.54) is 6.07 Å². The van der Waals surface area contributed by atoms with Gasteiger partial charge in [0.15, 0.2) is 16.6 Å². The lowest BCUT2D eigenvalue weighted by molar-refractivity contribution is 0.0841. The van der Waals surface area contributed by atoms with Crippen LogP contribution in [0.3, 0.4) is 0 Å². The summed E-state index contributed by atoms with van der Waals surface area (Å²) < 4.78 is 10.6. The third-order valence-corrected chi connectivity index (χ3v) is 6.31. The molecule has 0 atom stereocenters. The van der Waals surface area contributed by atoms with E-state index < -0.39 is 11.8 Å². The van der Waals surface area contributed by atoms with E-state index in [2.05, 4.69) is 26.0 Å². The highest BCUT2D eigenvalue weighted by Crippen LogP contribution is 2.30. The van der Waals surface area contributed by atoms with Crippen molar-refractivity contribution < 1.29 is 18.8 Å². The lowest BCUT2D eigenvalue weighted by Crippen LogP contribution is -2.41. The van der Waals surface area contributed by atoms with E-state index >= 15 is 0 Å². The van der Waals surface area contributed by atoms with Crippen molar-refractivity contribution in [3.63, 3.8) is 0 Å². The smallest absolute Gasteiger partial charge is 0.291 e. The molecular formula is C26H21N5O4S. The Kier molecular flexibility index (Phi) is 6.67. The Morgan fingerprint density at radius 1 is 0.972 bits per heavy atom. The van der Waals surface area contributed by atoms with Gasteiger partial charge >= 0.3 is 0 Å². The summed E-state index contributed by atoms with van der Waals surface area (Å²) in [5.41, 5.74) is 8.80. The van der Waals surface area contributed by atoms with Crippen LogP contribution in [-0.4, -0.2) is 34.0 Å². The number of benzene rings is 3. The van der Waals surface area contributed by atoms with Crippen LogP contribution >= 0.6 is 11.8 Å². The molecule has 36 heavy (non-hydrogen) atoms. The molecule has 9 nitrogen and oxygen atoms in total. The molecule has 0 unspecified atom stereocenters. The van der Waals surface area contributed by atoms with Crippen molar-refractivity contribution in [2.24, 2.45) is 0 Å². The number of thioether (sulfide) groups is 1. The number of hydrazine groups is 1. The number of rotatable bonds is 7. The van der Waals surface area contributed by atoms with Gasteiger partial charge in [-0.15, -0.1) is 0 Å². The molecule has 0 bridgehead atoms. The third-order valence-electron chi connectivity index (χ3n) is 5.36. The number of methoxy groups -OCH3 is 1. The maximum atomic E-state index is 12.5. The van der Waals surface area contributed by atoms with Gasteiger partial charge in [0.05, 0.1) is 23.7 Å². The number of nitrogens with zero attached hydrogens (tertiary/aromatic N) is 2. The zero-order valence-electron chi connectivity index (χ0n) is 19.1. The molecule has 0 saturated carbocycles. The van der Waals surface area contributed by atoms with Crippen LogP contribution in [0.15, 0.2) is 88.5 Å². The zero-order chi connectivity index (χ0) is 24.9. The quantitative estimate of drug-likeness (QED) is 0.221. The number of carbonyl (C=O) groups is 2. The summed E-state index contributed by atoms with van der Waals surface area (Å²) in [6, 6.07) is 23.7. The molecule has 3 aromatic carbocycles. The van der Waals surface area contributed by atoms with Gasteiger partial charge < -0.3 is 14.2 Å². The molecule has 180 valence electrons. The van der Waals surface area contributed by atoms with Crippen molar-refractivity contribution in [2.75, 3.05) is 7.11 Å². The Bertz CT molecular complexity index is 1490.